The van der Waals surface area contributed by atoms with Crippen molar-refractivity contribution in [3.05, 3.63) is 0 Å². The molecule has 0 spiro atoms. The second-order valence-corrected chi connectivity index (χ2v) is 5.21. The maximum Gasteiger partial charge on any atom is 0.0474 e. The van der Waals surface area contributed by atoms with Gasteiger partial charge in [-0.25, -0.2) is 0 Å². The van der Waals surface area contributed by atoms with Crippen molar-refractivity contribution in [3.8, 4) is 0 Å². The zero-order valence-corrected chi connectivity index (χ0v) is 10.6. The lowest BCUT2D eigenvalue weighted by atomic mass is 10.0. The molecule has 3 nitrogen and oxygen atoms in total. The second kappa shape index (κ2) is 6.58. The number of nitrogens with one attached hydrogen (secondary N) is 1. The van der Waals surface area contributed by atoms with E-state index in [0.29, 0.717) is 0 Å². The second-order valence-electron chi connectivity index (χ2n) is 5.21. The van der Waals surface area contributed by atoms with Gasteiger partial charge in [0.25, 0.3) is 0 Å². The largest absolute Gasteiger partial charge is 0.385 e. The third kappa shape index (κ3) is 4.04. The Morgan fingerprint density at radius 3 is 2.88 bits per heavy atom. The maximum atomic E-state index is 5.13. The molecular formula is C13H26N2O. The van der Waals surface area contributed by atoms with Crippen LogP contribution in [0.4, 0.5) is 0 Å². The van der Waals surface area contributed by atoms with Gasteiger partial charge in [0.2, 0.25) is 0 Å². The van der Waals surface area contributed by atoms with Crippen LogP contribution in [0.1, 0.15) is 38.5 Å². The van der Waals surface area contributed by atoms with Gasteiger partial charge in [0.05, 0.1) is 0 Å². The number of nitrogens with zero attached hydrogens (tertiary/aromatic N) is 1. The number of piperidine rings is 1. The number of methoxy groups -OCH3 is 1. The summed E-state index contributed by atoms with van der Waals surface area (Å²) in [6, 6.07) is 1.63. The molecule has 2 rings (SSSR count). The number of ether oxygens (including phenoxy) is 1. The summed E-state index contributed by atoms with van der Waals surface area (Å²) in [5.41, 5.74) is 0. The molecule has 0 aromatic rings. The summed E-state index contributed by atoms with van der Waals surface area (Å²) in [6.45, 7) is 4.61. The van der Waals surface area contributed by atoms with Crippen LogP contribution < -0.4 is 5.32 Å². The molecular weight excluding hydrogens is 200 g/mol. The lowest BCUT2D eigenvalue weighted by Crippen LogP contribution is -2.46. The quantitative estimate of drug-likeness (QED) is 0.668. The highest BCUT2D eigenvalue weighted by molar-refractivity contribution is 4.85. The fraction of sp³-hybridized carbons (Fsp3) is 1.00. The van der Waals surface area contributed by atoms with Crippen molar-refractivity contribution in [2.45, 2.75) is 50.6 Å². The van der Waals surface area contributed by atoms with Gasteiger partial charge < -0.3 is 10.1 Å². The van der Waals surface area contributed by atoms with Crippen molar-refractivity contribution in [2.24, 2.45) is 0 Å². The van der Waals surface area contributed by atoms with E-state index in [-0.39, 0.29) is 0 Å². The normalized spacial score (nSPS) is 27.2. The zero-order chi connectivity index (χ0) is 11.2. The highest BCUT2D eigenvalue weighted by Gasteiger charge is 2.25. The van der Waals surface area contributed by atoms with Crippen LogP contribution in [0.3, 0.4) is 0 Å². The van der Waals surface area contributed by atoms with Gasteiger partial charge in [0.15, 0.2) is 0 Å². The van der Waals surface area contributed by atoms with Crippen LogP contribution in [-0.4, -0.2) is 50.3 Å². The van der Waals surface area contributed by atoms with Crippen molar-refractivity contribution in [1.82, 2.24) is 10.2 Å². The van der Waals surface area contributed by atoms with Crippen molar-refractivity contribution >= 4 is 0 Å². The first-order valence-corrected chi connectivity index (χ1v) is 6.86. The first kappa shape index (κ1) is 12.3. The predicted octanol–water partition coefficient (Wildman–Crippen LogP) is 1.63. The highest BCUT2D eigenvalue weighted by Crippen LogP contribution is 2.21. The summed E-state index contributed by atoms with van der Waals surface area (Å²) in [7, 11) is 1.79. The average molecular weight is 226 g/mol. The molecule has 2 fully saturated rings. The molecule has 0 amide bonds. The monoisotopic (exact) mass is 226 g/mol. The number of hydrogen-bond acceptors (Lipinski definition) is 3. The van der Waals surface area contributed by atoms with Gasteiger partial charge in [-0.2, -0.15) is 0 Å². The van der Waals surface area contributed by atoms with E-state index in [1.807, 2.05) is 0 Å². The Labute approximate surface area is 99.5 Å². The standard InChI is InChI=1S/C13H26N2O/c1-16-10-4-9-15-8-3-2-5-13(15)11-14-12-6-7-12/h12-14H,2-11H2,1H3. The van der Waals surface area contributed by atoms with Crippen molar-refractivity contribution in [3.63, 3.8) is 0 Å². The molecule has 1 saturated carbocycles. The van der Waals surface area contributed by atoms with Crippen molar-refractivity contribution in [2.75, 3.05) is 33.4 Å². The van der Waals surface area contributed by atoms with Crippen LogP contribution in [0.2, 0.25) is 0 Å². The number of hydrogen-bond donors (Lipinski definition) is 1. The molecule has 1 atom stereocenters. The molecule has 0 aromatic carbocycles. The Kier molecular flexibility index (Phi) is 5.07. The molecule has 0 aromatic heterocycles. The third-order valence-electron chi connectivity index (χ3n) is 3.76. The van der Waals surface area contributed by atoms with Crippen LogP contribution in [0, 0.1) is 0 Å². The van der Waals surface area contributed by atoms with Crippen LogP contribution in [0.25, 0.3) is 0 Å². The molecule has 1 saturated heterocycles. The predicted molar refractivity (Wildman–Crippen MR) is 66.7 cm³/mol. The molecule has 2 aliphatic rings. The summed E-state index contributed by atoms with van der Waals surface area (Å²) in [5, 5.41) is 3.67. The van der Waals surface area contributed by atoms with Gasteiger partial charge >= 0.3 is 0 Å². The molecule has 1 aliphatic carbocycles. The van der Waals surface area contributed by atoms with Gasteiger partial charge in [0.1, 0.15) is 0 Å². The van der Waals surface area contributed by atoms with Crippen molar-refractivity contribution in [1.29, 1.82) is 0 Å². The fourth-order valence-corrected chi connectivity index (χ4v) is 2.59. The van der Waals surface area contributed by atoms with E-state index in [1.54, 1.807) is 7.11 Å². The van der Waals surface area contributed by atoms with Gasteiger partial charge in [-0.05, 0) is 38.6 Å². The van der Waals surface area contributed by atoms with Crippen LogP contribution >= 0.6 is 0 Å². The Balaban J connectivity index is 1.67. The van der Waals surface area contributed by atoms with Gasteiger partial charge in [0, 0.05) is 38.9 Å². The van der Waals surface area contributed by atoms with Crippen LogP contribution in [-0.2, 0) is 4.74 Å². The van der Waals surface area contributed by atoms with E-state index in [4.69, 9.17) is 4.74 Å². The van der Waals surface area contributed by atoms with E-state index in [2.05, 4.69) is 10.2 Å². The molecule has 0 bridgehead atoms. The molecule has 3 heteroatoms. The van der Waals surface area contributed by atoms with E-state index in [1.165, 1.54) is 58.2 Å². The Hall–Kier alpha value is -0.120. The molecule has 1 heterocycles. The number of rotatable bonds is 7. The van der Waals surface area contributed by atoms with E-state index in [9.17, 15) is 0 Å². The molecule has 1 unspecified atom stereocenters. The molecule has 16 heavy (non-hydrogen) atoms. The number of likely N-dealkylation sites (tertiary alicyclic amines) is 1. The zero-order valence-electron chi connectivity index (χ0n) is 10.6. The Bertz CT molecular complexity index is 194. The van der Waals surface area contributed by atoms with E-state index < -0.39 is 0 Å². The van der Waals surface area contributed by atoms with Gasteiger partial charge in [-0.15, -0.1) is 0 Å². The lowest BCUT2D eigenvalue weighted by Gasteiger charge is -2.36. The smallest absolute Gasteiger partial charge is 0.0474 e. The van der Waals surface area contributed by atoms with E-state index >= 15 is 0 Å². The third-order valence-corrected chi connectivity index (χ3v) is 3.76. The van der Waals surface area contributed by atoms with Crippen LogP contribution in [0.15, 0.2) is 0 Å². The molecule has 0 radical (unpaired) electrons. The minimum absolute atomic E-state index is 0.784. The lowest BCUT2D eigenvalue weighted by molar-refractivity contribution is 0.120. The maximum absolute atomic E-state index is 5.13. The first-order valence-electron chi connectivity index (χ1n) is 6.86. The van der Waals surface area contributed by atoms with Gasteiger partial charge in [-0.3, -0.25) is 4.90 Å². The van der Waals surface area contributed by atoms with Crippen molar-refractivity contribution < 1.29 is 4.74 Å². The summed E-state index contributed by atoms with van der Waals surface area (Å²) in [6.07, 6.45) is 8.15. The fourth-order valence-electron chi connectivity index (χ4n) is 2.59. The summed E-state index contributed by atoms with van der Waals surface area (Å²) >= 11 is 0. The molecule has 94 valence electrons. The summed E-state index contributed by atoms with van der Waals surface area (Å²) < 4.78 is 5.13. The topological polar surface area (TPSA) is 24.5 Å². The summed E-state index contributed by atoms with van der Waals surface area (Å²) in [5.74, 6) is 0. The first-order chi connectivity index (χ1) is 7.90. The minimum Gasteiger partial charge on any atom is -0.385 e. The summed E-state index contributed by atoms with van der Waals surface area (Å²) in [4.78, 5) is 2.66. The SMILES string of the molecule is COCCCN1CCCCC1CNC1CC1. The Morgan fingerprint density at radius 2 is 2.12 bits per heavy atom. The van der Waals surface area contributed by atoms with Gasteiger partial charge in [-0.1, -0.05) is 6.42 Å². The molecule has 1 aliphatic heterocycles. The average Bonchev–Trinajstić information content (AvgIpc) is 3.12. The van der Waals surface area contributed by atoms with E-state index in [0.717, 1.165) is 18.7 Å². The Morgan fingerprint density at radius 1 is 1.25 bits per heavy atom. The molecule has 1 N–H and O–H groups in total. The minimum atomic E-state index is 0.784. The van der Waals surface area contributed by atoms with Crippen LogP contribution in [0.5, 0.6) is 0 Å². The highest BCUT2D eigenvalue weighted by atomic mass is 16.5.